The van der Waals surface area contributed by atoms with Crippen molar-refractivity contribution in [1.82, 2.24) is 10.0 Å². The van der Waals surface area contributed by atoms with Gasteiger partial charge in [-0.05, 0) is 38.1 Å². The second kappa shape index (κ2) is 6.37. The third-order valence-electron chi connectivity index (χ3n) is 3.32. The second-order valence-corrected chi connectivity index (χ2v) is 6.45. The first-order chi connectivity index (χ1) is 9.94. The van der Waals surface area contributed by atoms with E-state index in [-0.39, 0.29) is 22.4 Å². The number of ether oxygens (including phenoxy) is 1. The Morgan fingerprint density at radius 3 is 2.62 bits per heavy atom. The summed E-state index contributed by atoms with van der Waals surface area (Å²) in [5.74, 6) is 0.0285. The monoisotopic (exact) mass is 315 g/mol. The number of nitro benzene ring substituents is 1. The Morgan fingerprint density at radius 2 is 2.05 bits per heavy atom. The van der Waals surface area contributed by atoms with Crippen molar-refractivity contribution >= 4 is 15.7 Å². The van der Waals surface area contributed by atoms with Crippen molar-refractivity contribution in [1.29, 1.82) is 0 Å². The van der Waals surface area contributed by atoms with Crippen molar-refractivity contribution in [2.45, 2.75) is 23.8 Å². The van der Waals surface area contributed by atoms with Crippen molar-refractivity contribution in [3.05, 3.63) is 28.3 Å². The third-order valence-corrected chi connectivity index (χ3v) is 4.84. The molecule has 1 heterocycles. The molecule has 1 aliphatic heterocycles. The first kappa shape index (κ1) is 15.7. The summed E-state index contributed by atoms with van der Waals surface area (Å²) in [6.45, 7) is 1.49. The Labute approximate surface area is 122 Å². The molecule has 2 N–H and O–H groups in total. The molecule has 1 saturated heterocycles. The highest BCUT2D eigenvalue weighted by molar-refractivity contribution is 7.89. The molecule has 21 heavy (non-hydrogen) atoms. The molecular formula is C12H17N3O5S. The van der Waals surface area contributed by atoms with Gasteiger partial charge in [-0.25, -0.2) is 13.1 Å². The number of piperidine rings is 1. The zero-order chi connectivity index (χ0) is 15.5. The van der Waals surface area contributed by atoms with E-state index in [0.717, 1.165) is 19.2 Å². The molecule has 0 radical (unpaired) electrons. The molecule has 0 amide bonds. The van der Waals surface area contributed by atoms with E-state index in [0.29, 0.717) is 12.8 Å². The number of benzene rings is 1. The molecule has 0 aromatic heterocycles. The predicted molar refractivity (Wildman–Crippen MR) is 75.9 cm³/mol. The summed E-state index contributed by atoms with van der Waals surface area (Å²) in [6, 6.07) is 3.45. The highest BCUT2D eigenvalue weighted by Crippen LogP contribution is 2.29. The standard InChI is InChI=1S/C12H17N3O5S/c1-20-12-3-2-10(8-11(12)15(16)17)21(18,19)14-9-4-6-13-7-5-9/h2-3,8-9,13-14H,4-7H2,1H3. The number of methoxy groups -OCH3 is 1. The van der Waals surface area contributed by atoms with Crippen LogP contribution in [0.15, 0.2) is 23.1 Å². The van der Waals surface area contributed by atoms with Gasteiger partial charge in [0.15, 0.2) is 5.75 Å². The van der Waals surface area contributed by atoms with Crippen LogP contribution in [0.1, 0.15) is 12.8 Å². The van der Waals surface area contributed by atoms with Gasteiger partial charge in [0.2, 0.25) is 10.0 Å². The largest absolute Gasteiger partial charge is 0.490 e. The van der Waals surface area contributed by atoms with Crippen LogP contribution in [0.3, 0.4) is 0 Å². The molecule has 8 nitrogen and oxygen atoms in total. The number of sulfonamides is 1. The topological polar surface area (TPSA) is 111 Å². The SMILES string of the molecule is COc1ccc(S(=O)(=O)NC2CCNCC2)cc1[N+](=O)[O-]. The smallest absolute Gasteiger partial charge is 0.312 e. The average Bonchev–Trinajstić information content (AvgIpc) is 2.47. The van der Waals surface area contributed by atoms with Crippen LogP contribution in [-0.4, -0.2) is 39.6 Å². The fourth-order valence-electron chi connectivity index (χ4n) is 2.21. The minimum atomic E-state index is -3.78. The maximum atomic E-state index is 12.3. The van der Waals surface area contributed by atoms with Crippen LogP contribution >= 0.6 is 0 Å². The molecule has 0 bridgehead atoms. The van der Waals surface area contributed by atoms with Gasteiger partial charge in [-0.1, -0.05) is 0 Å². The van der Waals surface area contributed by atoms with Crippen molar-refractivity contribution in [2.24, 2.45) is 0 Å². The Bertz CT molecular complexity index is 626. The molecule has 0 spiro atoms. The van der Waals surface area contributed by atoms with Gasteiger partial charge in [0.25, 0.3) is 0 Å². The van der Waals surface area contributed by atoms with Gasteiger partial charge in [0.1, 0.15) is 0 Å². The lowest BCUT2D eigenvalue weighted by atomic mass is 10.1. The molecule has 0 atom stereocenters. The minimum Gasteiger partial charge on any atom is -0.490 e. The van der Waals surface area contributed by atoms with Crippen LogP contribution in [0.4, 0.5) is 5.69 Å². The zero-order valence-corrected chi connectivity index (χ0v) is 12.4. The lowest BCUT2D eigenvalue weighted by Crippen LogP contribution is -2.42. The molecule has 1 fully saturated rings. The van der Waals surface area contributed by atoms with E-state index in [2.05, 4.69) is 10.0 Å². The minimum absolute atomic E-state index is 0.0285. The number of rotatable bonds is 5. The van der Waals surface area contributed by atoms with Crippen LogP contribution < -0.4 is 14.8 Å². The molecule has 0 unspecified atom stereocenters. The summed E-state index contributed by atoms with van der Waals surface area (Å²) in [5.41, 5.74) is -0.370. The van der Waals surface area contributed by atoms with E-state index in [9.17, 15) is 18.5 Å². The Hall–Kier alpha value is -1.71. The van der Waals surface area contributed by atoms with Crippen molar-refractivity contribution in [2.75, 3.05) is 20.2 Å². The maximum absolute atomic E-state index is 12.3. The second-order valence-electron chi connectivity index (χ2n) is 4.74. The summed E-state index contributed by atoms with van der Waals surface area (Å²) in [5, 5.41) is 14.1. The Kier molecular flexibility index (Phi) is 4.76. The van der Waals surface area contributed by atoms with Gasteiger partial charge in [-0.15, -0.1) is 0 Å². The van der Waals surface area contributed by atoms with Crippen molar-refractivity contribution in [3.8, 4) is 5.75 Å². The Morgan fingerprint density at radius 1 is 1.38 bits per heavy atom. The highest BCUT2D eigenvalue weighted by atomic mass is 32.2. The summed E-state index contributed by atoms with van der Waals surface area (Å²) in [6.07, 6.45) is 1.38. The number of nitrogens with one attached hydrogen (secondary N) is 2. The lowest BCUT2D eigenvalue weighted by Gasteiger charge is -2.23. The van der Waals surface area contributed by atoms with Crippen molar-refractivity contribution < 1.29 is 18.1 Å². The molecular weight excluding hydrogens is 298 g/mol. The van der Waals surface area contributed by atoms with Crippen LogP contribution in [-0.2, 0) is 10.0 Å². The van der Waals surface area contributed by atoms with E-state index < -0.39 is 14.9 Å². The van der Waals surface area contributed by atoms with Crippen LogP contribution in [0, 0.1) is 10.1 Å². The fraction of sp³-hybridized carbons (Fsp3) is 0.500. The van der Waals surface area contributed by atoms with Gasteiger partial charge in [0, 0.05) is 12.1 Å². The summed E-state index contributed by atoms with van der Waals surface area (Å²) in [4.78, 5) is 10.2. The van der Waals surface area contributed by atoms with E-state index in [4.69, 9.17) is 4.74 Å². The normalized spacial score (nSPS) is 16.6. The molecule has 1 aromatic rings. The maximum Gasteiger partial charge on any atom is 0.312 e. The van der Waals surface area contributed by atoms with Gasteiger partial charge in [-0.3, -0.25) is 10.1 Å². The number of hydrogen-bond donors (Lipinski definition) is 2. The van der Waals surface area contributed by atoms with Gasteiger partial charge in [-0.2, -0.15) is 0 Å². The average molecular weight is 315 g/mol. The first-order valence-electron chi connectivity index (χ1n) is 6.49. The summed E-state index contributed by atoms with van der Waals surface area (Å²) < 4.78 is 32.0. The van der Waals surface area contributed by atoms with E-state index >= 15 is 0 Å². The third kappa shape index (κ3) is 3.69. The molecule has 116 valence electrons. The van der Waals surface area contributed by atoms with Crippen LogP contribution in [0.25, 0.3) is 0 Å². The number of nitrogens with zero attached hydrogens (tertiary/aromatic N) is 1. The molecule has 9 heteroatoms. The van der Waals surface area contributed by atoms with Crippen molar-refractivity contribution in [3.63, 3.8) is 0 Å². The molecule has 2 rings (SSSR count). The Balaban J connectivity index is 2.27. The molecule has 0 saturated carbocycles. The zero-order valence-electron chi connectivity index (χ0n) is 11.5. The van der Waals surface area contributed by atoms with Gasteiger partial charge < -0.3 is 10.1 Å². The molecule has 1 aliphatic rings. The molecule has 0 aliphatic carbocycles. The predicted octanol–water partition coefficient (Wildman–Crippen LogP) is 0.634. The van der Waals surface area contributed by atoms with Gasteiger partial charge in [0.05, 0.1) is 16.9 Å². The van der Waals surface area contributed by atoms with E-state index in [1.165, 1.54) is 19.2 Å². The van der Waals surface area contributed by atoms with E-state index in [1.54, 1.807) is 0 Å². The van der Waals surface area contributed by atoms with E-state index in [1.807, 2.05) is 0 Å². The first-order valence-corrected chi connectivity index (χ1v) is 7.98. The van der Waals surface area contributed by atoms with Crippen LogP contribution in [0.2, 0.25) is 0 Å². The fourth-order valence-corrected chi connectivity index (χ4v) is 3.53. The quantitative estimate of drug-likeness (QED) is 0.609. The van der Waals surface area contributed by atoms with Crippen LogP contribution in [0.5, 0.6) is 5.75 Å². The summed E-state index contributed by atoms with van der Waals surface area (Å²) >= 11 is 0. The summed E-state index contributed by atoms with van der Waals surface area (Å²) in [7, 11) is -2.48. The number of nitro groups is 1. The van der Waals surface area contributed by atoms with Gasteiger partial charge >= 0.3 is 5.69 Å². The highest BCUT2D eigenvalue weighted by Gasteiger charge is 2.25. The number of hydrogen-bond acceptors (Lipinski definition) is 6. The lowest BCUT2D eigenvalue weighted by molar-refractivity contribution is -0.386. The molecule has 1 aromatic carbocycles.